The molecule has 2 nitrogen and oxygen atoms in total. The molecule has 0 unspecified atom stereocenters. The van der Waals surface area contributed by atoms with Crippen LogP contribution < -0.4 is 0 Å². The molecule has 0 aliphatic heterocycles. The lowest BCUT2D eigenvalue weighted by atomic mass is 9.91. The number of unbranched alkanes of at least 4 members (excludes halogenated alkanes) is 2. The largest absolute Gasteiger partial charge is 0.396 e. The van der Waals surface area contributed by atoms with Crippen molar-refractivity contribution >= 4 is 64.6 Å². The van der Waals surface area contributed by atoms with Crippen LogP contribution in [0.5, 0.6) is 0 Å². The summed E-state index contributed by atoms with van der Waals surface area (Å²) in [5, 5.41) is 34.2. The van der Waals surface area contributed by atoms with E-state index in [1.165, 1.54) is 75.8 Å². The lowest BCUT2D eigenvalue weighted by molar-refractivity contribution is 0.284. The second-order valence-corrected chi connectivity index (χ2v) is 11.5. The van der Waals surface area contributed by atoms with Crippen LogP contribution in [0.4, 0.5) is 0 Å². The van der Waals surface area contributed by atoms with Gasteiger partial charge in [-0.15, -0.1) is 0 Å². The van der Waals surface area contributed by atoms with Crippen molar-refractivity contribution in [1.29, 1.82) is 0 Å². The molecule has 42 heavy (non-hydrogen) atoms. The molecule has 0 aliphatic rings. The van der Waals surface area contributed by atoms with Crippen molar-refractivity contribution in [3.8, 4) is 0 Å². The monoisotopic (exact) mass is 548 g/mol. The van der Waals surface area contributed by atoms with E-state index in [-0.39, 0.29) is 13.2 Å². The predicted molar refractivity (Wildman–Crippen MR) is 180 cm³/mol. The number of aliphatic hydroxyl groups is 2. The van der Waals surface area contributed by atoms with Crippen molar-refractivity contribution in [3.05, 3.63) is 120 Å². The first-order valence-electron chi connectivity index (χ1n) is 15.3. The Bertz CT molecular complexity index is 1940. The number of hydrogen-bond acceptors (Lipinski definition) is 2. The van der Waals surface area contributed by atoms with Crippen molar-refractivity contribution in [2.45, 2.75) is 38.5 Å². The van der Waals surface area contributed by atoms with Gasteiger partial charge in [-0.25, -0.2) is 0 Å². The molecule has 0 amide bonds. The smallest absolute Gasteiger partial charge is 0.0431 e. The normalized spacial score (nSPS) is 11.9. The fourth-order valence-corrected chi connectivity index (χ4v) is 6.88. The number of hydrogen-bond donors (Lipinski definition) is 2. The van der Waals surface area contributed by atoms with Crippen molar-refractivity contribution in [1.82, 2.24) is 0 Å². The van der Waals surface area contributed by atoms with E-state index in [0.717, 1.165) is 38.5 Å². The molecule has 0 spiro atoms. The minimum atomic E-state index is 0.284. The molecule has 8 rings (SSSR count). The van der Waals surface area contributed by atoms with Crippen LogP contribution in [-0.2, 0) is 12.8 Å². The van der Waals surface area contributed by atoms with E-state index < -0.39 is 0 Å². The average molecular weight is 549 g/mol. The summed E-state index contributed by atoms with van der Waals surface area (Å²) >= 11 is 0. The zero-order chi connectivity index (χ0) is 28.5. The Morgan fingerprint density at radius 1 is 0.333 bits per heavy atom. The summed E-state index contributed by atoms with van der Waals surface area (Å²) in [7, 11) is 0. The summed E-state index contributed by atoms with van der Waals surface area (Å²) in [6.07, 6.45) is 5.91. The molecule has 2 heteroatoms. The molecule has 8 aromatic rings. The summed E-state index contributed by atoms with van der Waals surface area (Å²) in [6, 6.07) is 39.9. The molecule has 0 aliphatic carbocycles. The maximum absolute atomic E-state index is 8.98. The summed E-state index contributed by atoms with van der Waals surface area (Å²) in [4.78, 5) is 0. The number of rotatable bonds is 8. The van der Waals surface area contributed by atoms with Crippen LogP contribution in [0.15, 0.2) is 109 Å². The zero-order valence-corrected chi connectivity index (χ0v) is 23.9. The summed E-state index contributed by atoms with van der Waals surface area (Å²) in [5.74, 6) is 0. The van der Waals surface area contributed by atoms with Gasteiger partial charge in [0.2, 0.25) is 0 Å². The standard InChI is InChI=1S/2C20H18O/c2*21-13-2-1-4-14-7-8-17-10-9-15-5-3-6-16-11-12-18(14)20(17)19(15)16/h2*3,5-12,21H,1-2,4,13H2. The fourth-order valence-electron chi connectivity index (χ4n) is 6.88. The van der Waals surface area contributed by atoms with Crippen molar-refractivity contribution in [2.75, 3.05) is 13.2 Å². The molecule has 0 bridgehead atoms. The summed E-state index contributed by atoms with van der Waals surface area (Å²) in [5.41, 5.74) is 2.79. The van der Waals surface area contributed by atoms with Crippen molar-refractivity contribution in [2.24, 2.45) is 0 Å². The van der Waals surface area contributed by atoms with Crippen LogP contribution in [0.2, 0.25) is 0 Å². The predicted octanol–water partition coefficient (Wildman–Crippen LogP) is 9.80. The van der Waals surface area contributed by atoms with Gasteiger partial charge >= 0.3 is 0 Å². The van der Waals surface area contributed by atoms with Gasteiger partial charge in [0, 0.05) is 13.2 Å². The molecule has 8 aromatic carbocycles. The molecular formula is C40H36O2. The lowest BCUT2D eigenvalue weighted by Gasteiger charge is -2.13. The van der Waals surface area contributed by atoms with Crippen LogP contribution >= 0.6 is 0 Å². The molecule has 0 atom stereocenters. The summed E-state index contributed by atoms with van der Waals surface area (Å²) < 4.78 is 0. The van der Waals surface area contributed by atoms with E-state index in [2.05, 4.69) is 109 Å². The Hall–Kier alpha value is -4.24. The van der Waals surface area contributed by atoms with Gasteiger partial charge in [-0.3, -0.25) is 0 Å². The van der Waals surface area contributed by atoms with Gasteiger partial charge in [-0.05, 0) is 114 Å². The number of aryl methyl sites for hydroxylation is 2. The number of benzene rings is 8. The highest BCUT2D eigenvalue weighted by molar-refractivity contribution is 6.24. The number of aliphatic hydroxyl groups excluding tert-OH is 2. The Morgan fingerprint density at radius 2 is 0.667 bits per heavy atom. The van der Waals surface area contributed by atoms with Gasteiger partial charge in [0.15, 0.2) is 0 Å². The first kappa shape index (κ1) is 26.6. The Morgan fingerprint density at radius 3 is 1.05 bits per heavy atom. The van der Waals surface area contributed by atoms with Crippen molar-refractivity contribution < 1.29 is 10.2 Å². The first-order chi connectivity index (χ1) is 20.8. The molecule has 0 fully saturated rings. The summed E-state index contributed by atoms with van der Waals surface area (Å²) in [6.45, 7) is 0.567. The molecular weight excluding hydrogens is 512 g/mol. The van der Waals surface area contributed by atoms with Gasteiger partial charge < -0.3 is 10.2 Å². The maximum atomic E-state index is 8.98. The molecule has 208 valence electrons. The Balaban J connectivity index is 0.000000137. The van der Waals surface area contributed by atoms with E-state index in [1.54, 1.807) is 0 Å². The lowest BCUT2D eigenvalue weighted by Crippen LogP contribution is -1.92. The van der Waals surface area contributed by atoms with E-state index in [0.29, 0.717) is 0 Å². The fraction of sp³-hybridized carbons (Fsp3) is 0.200. The van der Waals surface area contributed by atoms with Gasteiger partial charge in [-0.2, -0.15) is 0 Å². The van der Waals surface area contributed by atoms with Gasteiger partial charge in [0.25, 0.3) is 0 Å². The maximum Gasteiger partial charge on any atom is 0.0431 e. The van der Waals surface area contributed by atoms with Crippen molar-refractivity contribution in [3.63, 3.8) is 0 Å². The van der Waals surface area contributed by atoms with Crippen LogP contribution in [0, 0.1) is 0 Å². The highest BCUT2D eigenvalue weighted by Crippen LogP contribution is 2.37. The Labute approximate surface area is 246 Å². The minimum absolute atomic E-state index is 0.284. The second kappa shape index (κ2) is 11.6. The van der Waals surface area contributed by atoms with E-state index >= 15 is 0 Å². The third-order valence-corrected chi connectivity index (χ3v) is 8.95. The quantitative estimate of drug-likeness (QED) is 0.147. The molecule has 2 N–H and O–H groups in total. The second-order valence-electron chi connectivity index (χ2n) is 11.5. The van der Waals surface area contributed by atoms with E-state index in [1.807, 2.05) is 0 Å². The molecule has 0 saturated carbocycles. The average Bonchev–Trinajstić information content (AvgIpc) is 3.04. The van der Waals surface area contributed by atoms with E-state index in [9.17, 15) is 0 Å². The van der Waals surface area contributed by atoms with Crippen LogP contribution in [-0.4, -0.2) is 23.4 Å². The van der Waals surface area contributed by atoms with Crippen LogP contribution in [0.25, 0.3) is 64.6 Å². The molecule has 0 aromatic heterocycles. The van der Waals surface area contributed by atoms with E-state index in [4.69, 9.17) is 10.2 Å². The molecule has 0 radical (unpaired) electrons. The zero-order valence-electron chi connectivity index (χ0n) is 23.9. The molecule has 0 saturated heterocycles. The van der Waals surface area contributed by atoms with Gasteiger partial charge in [0.1, 0.15) is 0 Å². The first-order valence-corrected chi connectivity index (χ1v) is 15.3. The SMILES string of the molecule is OCCCCc1ccc2ccc3cccc4ccc1c2c34.OCCCCc1ccc2ccc3cccc4ccc1c2c34. The van der Waals surface area contributed by atoms with Gasteiger partial charge in [-0.1, -0.05) is 109 Å². The third kappa shape index (κ3) is 4.71. The minimum Gasteiger partial charge on any atom is -0.396 e. The Kier molecular flexibility index (Phi) is 7.34. The topological polar surface area (TPSA) is 40.5 Å². The highest BCUT2D eigenvalue weighted by Gasteiger charge is 2.11. The highest BCUT2D eigenvalue weighted by atomic mass is 16.3. The van der Waals surface area contributed by atoms with Crippen LogP contribution in [0.3, 0.4) is 0 Å². The van der Waals surface area contributed by atoms with Crippen LogP contribution in [0.1, 0.15) is 36.8 Å². The van der Waals surface area contributed by atoms with Gasteiger partial charge in [0.05, 0.1) is 0 Å². The third-order valence-electron chi connectivity index (χ3n) is 8.95. The molecule has 0 heterocycles.